The first kappa shape index (κ1) is 16.0. The van der Waals surface area contributed by atoms with Gasteiger partial charge in [-0.3, -0.25) is 24.3 Å². The topological polar surface area (TPSA) is 113 Å². The Morgan fingerprint density at radius 1 is 1.12 bits per heavy atom. The Hall–Kier alpha value is -2.90. The number of nitrogens with zero attached hydrogens (tertiary/aromatic N) is 1. The standard InChI is InChI=1S/C16H18N4O4/c21-13(17-9-14(22)18-10-5-6-10)7-8-20-16(24)12-4-2-1-3-11(12)15(23)19-20/h1-4,10H,5-9H2,(H,17,21)(H,18,22)(H,19,23). The first-order valence-electron chi connectivity index (χ1n) is 7.82. The highest BCUT2D eigenvalue weighted by atomic mass is 16.2. The molecule has 0 saturated heterocycles. The largest absolute Gasteiger partial charge is 0.352 e. The van der Waals surface area contributed by atoms with Crippen molar-refractivity contribution in [3.63, 3.8) is 0 Å². The molecule has 0 aliphatic heterocycles. The normalized spacial score (nSPS) is 13.7. The van der Waals surface area contributed by atoms with E-state index in [-0.39, 0.29) is 48.5 Å². The fourth-order valence-electron chi connectivity index (χ4n) is 2.39. The lowest BCUT2D eigenvalue weighted by molar-refractivity contribution is -0.126. The molecule has 1 aromatic carbocycles. The summed E-state index contributed by atoms with van der Waals surface area (Å²) in [7, 11) is 0. The fourth-order valence-corrected chi connectivity index (χ4v) is 2.39. The Morgan fingerprint density at radius 2 is 1.83 bits per heavy atom. The van der Waals surface area contributed by atoms with Crippen LogP contribution in [0.3, 0.4) is 0 Å². The number of carbonyl (C=O) groups excluding carboxylic acids is 2. The number of hydrogen-bond donors (Lipinski definition) is 3. The minimum absolute atomic E-state index is 0.00903. The number of aromatic nitrogens is 2. The molecule has 126 valence electrons. The van der Waals surface area contributed by atoms with Gasteiger partial charge in [0, 0.05) is 12.5 Å². The van der Waals surface area contributed by atoms with E-state index in [4.69, 9.17) is 0 Å². The van der Waals surface area contributed by atoms with Gasteiger partial charge >= 0.3 is 0 Å². The molecule has 1 aliphatic carbocycles. The number of fused-ring (bicyclic) bond motifs is 1. The number of benzene rings is 1. The highest BCUT2D eigenvalue weighted by molar-refractivity contribution is 5.85. The molecule has 0 spiro atoms. The molecular formula is C16H18N4O4. The summed E-state index contributed by atoms with van der Waals surface area (Å²) in [6.07, 6.45) is 1.96. The van der Waals surface area contributed by atoms with Crippen molar-refractivity contribution < 1.29 is 9.59 Å². The maximum atomic E-state index is 12.3. The zero-order chi connectivity index (χ0) is 17.1. The third-order valence-electron chi connectivity index (χ3n) is 3.83. The van der Waals surface area contributed by atoms with E-state index in [1.54, 1.807) is 24.3 Å². The first-order valence-corrected chi connectivity index (χ1v) is 7.82. The average Bonchev–Trinajstić information content (AvgIpc) is 3.39. The van der Waals surface area contributed by atoms with Crippen LogP contribution in [0.4, 0.5) is 0 Å². The van der Waals surface area contributed by atoms with Crippen LogP contribution in [0.2, 0.25) is 0 Å². The highest BCUT2D eigenvalue weighted by Crippen LogP contribution is 2.18. The number of carbonyl (C=O) groups is 2. The fraction of sp³-hybridized carbons (Fsp3) is 0.375. The van der Waals surface area contributed by atoms with Gasteiger partial charge in [0.15, 0.2) is 0 Å². The maximum absolute atomic E-state index is 12.3. The molecule has 8 heteroatoms. The van der Waals surface area contributed by atoms with E-state index in [1.165, 1.54) is 0 Å². The van der Waals surface area contributed by atoms with E-state index in [0.717, 1.165) is 17.5 Å². The van der Waals surface area contributed by atoms with Crippen molar-refractivity contribution in [2.45, 2.75) is 31.8 Å². The van der Waals surface area contributed by atoms with Crippen LogP contribution >= 0.6 is 0 Å². The van der Waals surface area contributed by atoms with Crippen molar-refractivity contribution in [2.75, 3.05) is 6.54 Å². The van der Waals surface area contributed by atoms with E-state index in [2.05, 4.69) is 15.7 Å². The molecule has 3 rings (SSSR count). The smallest absolute Gasteiger partial charge is 0.273 e. The van der Waals surface area contributed by atoms with Crippen LogP contribution in [-0.2, 0) is 16.1 Å². The summed E-state index contributed by atoms with van der Waals surface area (Å²) in [6.45, 7) is -0.0482. The maximum Gasteiger partial charge on any atom is 0.273 e. The molecule has 24 heavy (non-hydrogen) atoms. The van der Waals surface area contributed by atoms with Crippen molar-refractivity contribution in [1.82, 2.24) is 20.4 Å². The first-order chi connectivity index (χ1) is 11.5. The number of aryl methyl sites for hydroxylation is 1. The summed E-state index contributed by atoms with van der Waals surface area (Å²) in [6, 6.07) is 6.76. The molecule has 2 amide bonds. The van der Waals surface area contributed by atoms with Crippen LogP contribution in [0.1, 0.15) is 19.3 Å². The van der Waals surface area contributed by atoms with Crippen molar-refractivity contribution in [2.24, 2.45) is 0 Å². The Labute approximate surface area is 136 Å². The number of hydrogen-bond acceptors (Lipinski definition) is 4. The number of amides is 2. The summed E-state index contributed by atoms with van der Waals surface area (Å²) in [4.78, 5) is 47.5. The molecule has 0 radical (unpaired) electrons. The van der Waals surface area contributed by atoms with Gasteiger partial charge < -0.3 is 10.6 Å². The zero-order valence-corrected chi connectivity index (χ0v) is 13.0. The second kappa shape index (κ2) is 6.69. The van der Waals surface area contributed by atoms with E-state index in [1.807, 2.05) is 0 Å². The molecule has 1 heterocycles. The van der Waals surface area contributed by atoms with Crippen molar-refractivity contribution in [3.05, 3.63) is 45.0 Å². The highest BCUT2D eigenvalue weighted by Gasteiger charge is 2.23. The minimum atomic E-state index is -0.380. The van der Waals surface area contributed by atoms with Crippen LogP contribution in [-0.4, -0.2) is 34.2 Å². The van der Waals surface area contributed by atoms with Gasteiger partial charge in [0.1, 0.15) is 0 Å². The molecular weight excluding hydrogens is 312 g/mol. The second-order valence-corrected chi connectivity index (χ2v) is 5.81. The van der Waals surface area contributed by atoms with Crippen LogP contribution in [0.25, 0.3) is 10.8 Å². The van der Waals surface area contributed by atoms with E-state index >= 15 is 0 Å². The van der Waals surface area contributed by atoms with Crippen LogP contribution in [0.5, 0.6) is 0 Å². The number of rotatable bonds is 6. The Morgan fingerprint density at radius 3 is 2.54 bits per heavy atom. The van der Waals surface area contributed by atoms with E-state index in [0.29, 0.717) is 10.8 Å². The van der Waals surface area contributed by atoms with Gasteiger partial charge in [0.05, 0.1) is 23.9 Å². The molecule has 1 saturated carbocycles. The van der Waals surface area contributed by atoms with E-state index in [9.17, 15) is 19.2 Å². The van der Waals surface area contributed by atoms with Gasteiger partial charge in [-0.25, -0.2) is 4.68 Å². The Kier molecular flexibility index (Phi) is 4.45. The SMILES string of the molecule is O=C(CCn1[nH]c(=O)c2ccccc2c1=O)NCC(=O)NC1CC1. The van der Waals surface area contributed by atoms with Gasteiger partial charge in [-0.2, -0.15) is 0 Å². The Balaban J connectivity index is 1.60. The lowest BCUT2D eigenvalue weighted by Gasteiger charge is -2.08. The van der Waals surface area contributed by atoms with E-state index < -0.39 is 0 Å². The zero-order valence-electron chi connectivity index (χ0n) is 13.0. The number of nitrogens with one attached hydrogen (secondary N) is 3. The molecule has 1 aromatic heterocycles. The monoisotopic (exact) mass is 330 g/mol. The minimum Gasteiger partial charge on any atom is -0.352 e. The second-order valence-electron chi connectivity index (χ2n) is 5.81. The average molecular weight is 330 g/mol. The summed E-state index contributed by atoms with van der Waals surface area (Å²) in [5, 5.41) is 8.35. The lowest BCUT2D eigenvalue weighted by atomic mass is 10.2. The molecule has 0 atom stereocenters. The molecule has 3 N–H and O–H groups in total. The van der Waals surface area contributed by atoms with Crippen molar-refractivity contribution in [3.8, 4) is 0 Å². The predicted molar refractivity (Wildman–Crippen MR) is 87.6 cm³/mol. The van der Waals surface area contributed by atoms with Gasteiger partial charge in [-0.05, 0) is 25.0 Å². The van der Waals surface area contributed by atoms with Crippen molar-refractivity contribution >= 4 is 22.6 Å². The van der Waals surface area contributed by atoms with Crippen LogP contribution in [0.15, 0.2) is 33.9 Å². The third-order valence-corrected chi connectivity index (χ3v) is 3.83. The van der Waals surface area contributed by atoms with Crippen molar-refractivity contribution in [1.29, 1.82) is 0 Å². The third kappa shape index (κ3) is 3.70. The van der Waals surface area contributed by atoms with Crippen LogP contribution in [0, 0.1) is 0 Å². The van der Waals surface area contributed by atoms with Gasteiger partial charge in [0.25, 0.3) is 11.1 Å². The molecule has 0 bridgehead atoms. The predicted octanol–water partition coefficient (Wildman–Crippen LogP) is -0.525. The summed E-state index contributed by atoms with van der Waals surface area (Å²) >= 11 is 0. The molecule has 8 nitrogen and oxygen atoms in total. The Bertz CT molecular complexity index is 895. The van der Waals surface area contributed by atoms with Crippen LogP contribution < -0.4 is 21.8 Å². The summed E-state index contributed by atoms with van der Waals surface area (Å²) in [5.74, 6) is -0.580. The molecule has 2 aromatic rings. The lowest BCUT2D eigenvalue weighted by Crippen LogP contribution is -2.38. The summed E-state index contributed by atoms with van der Waals surface area (Å²) < 4.78 is 1.12. The van der Waals surface area contributed by atoms with Gasteiger partial charge in [0.2, 0.25) is 11.8 Å². The molecule has 0 unspecified atom stereocenters. The number of H-pyrrole nitrogens is 1. The quantitative estimate of drug-likeness (QED) is 0.661. The molecule has 1 aliphatic rings. The van der Waals surface area contributed by atoms with Gasteiger partial charge in [-0.15, -0.1) is 0 Å². The number of aromatic amines is 1. The van der Waals surface area contributed by atoms with Gasteiger partial charge in [-0.1, -0.05) is 12.1 Å². The summed E-state index contributed by atoms with van der Waals surface area (Å²) in [5.41, 5.74) is -0.737. The molecule has 1 fully saturated rings.